The molecule has 0 unspecified atom stereocenters. The average molecular weight is 377 g/mol. The SMILES string of the molecule is COC(=O)c1cc(NC(=O)c2cc([N+](=O)[O-])c(C)cc2Cl)c(C)cc1C. The maximum atomic E-state index is 12.6. The fourth-order valence-electron chi connectivity index (χ4n) is 2.54. The van der Waals surface area contributed by atoms with Gasteiger partial charge in [-0.2, -0.15) is 0 Å². The predicted octanol–water partition coefficient (Wildman–Crippen LogP) is 4.21. The number of nitrogens with zero attached hydrogens (tertiary/aromatic N) is 1. The fourth-order valence-corrected chi connectivity index (χ4v) is 2.84. The number of nitrogens with one attached hydrogen (secondary N) is 1. The molecule has 0 radical (unpaired) electrons. The van der Waals surface area contributed by atoms with Gasteiger partial charge in [0.1, 0.15) is 0 Å². The summed E-state index contributed by atoms with van der Waals surface area (Å²) < 4.78 is 4.73. The molecule has 0 spiro atoms. The molecular formula is C18H17ClN2O5. The molecule has 0 fully saturated rings. The van der Waals surface area contributed by atoms with Gasteiger partial charge in [0, 0.05) is 17.3 Å². The van der Waals surface area contributed by atoms with E-state index in [1.807, 2.05) is 0 Å². The highest BCUT2D eigenvalue weighted by atomic mass is 35.5. The van der Waals surface area contributed by atoms with Crippen LogP contribution in [0, 0.1) is 30.9 Å². The number of carbonyl (C=O) groups excluding carboxylic acids is 2. The van der Waals surface area contributed by atoms with Crippen molar-refractivity contribution >= 4 is 34.9 Å². The third-order valence-electron chi connectivity index (χ3n) is 3.95. The first-order valence-corrected chi connectivity index (χ1v) is 7.99. The number of amides is 1. The van der Waals surface area contributed by atoms with E-state index in [2.05, 4.69) is 5.32 Å². The number of ether oxygens (including phenoxy) is 1. The Bertz CT molecular complexity index is 924. The molecule has 2 aromatic carbocycles. The molecule has 1 N–H and O–H groups in total. The second-order valence-corrected chi connectivity index (χ2v) is 6.21. The summed E-state index contributed by atoms with van der Waals surface area (Å²) in [5.41, 5.74) is 2.27. The molecule has 0 saturated carbocycles. The molecule has 7 nitrogen and oxygen atoms in total. The van der Waals surface area contributed by atoms with Gasteiger partial charge < -0.3 is 10.1 Å². The van der Waals surface area contributed by atoms with Crippen LogP contribution in [-0.4, -0.2) is 23.9 Å². The molecule has 0 aliphatic heterocycles. The Kier molecular flexibility index (Phi) is 5.62. The van der Waals surface area contributed by atoms with Crippen molar-refractivity contribution in [2.75, 3.05) is 12.4 Å². The van der Waals surface area contributed by atoms with Crippen LogP contribution in [0.4, 0.5) is 11.4 Å². The van der Waals surface area contributed by atoms with E-state index in [1.165, 1.54) is 19.2 Å². The van der Waals surface area contributed by atoms with E-state index in [-0.39, 0.29) is 16.3 Å². The largest absolute Gasteiger partial charge is 0.465 e. The zero-order valence-electron chi connectivity index (χ0n) is 14.7. The third-order valence-corrected chi connectivity index (χ3v) is 4.26. The van der Waals surface area contributed by atoms with Gasteiger partial charge in [0.25, 0.3) is 11.6 Å². The van der Waals surface area contributed by atoms with Crippen molar-refractivity contribution in [2.45, 2.75) is 20.8 Å². The molecule has 0 aromatic heterocycles. The lowest BCUT2D eigenvalue weighted by Gasteiger charge is -2.13. The first-order valence-electron chi connectivity index (χ1n) is 7.61. The predicted molar refractivity (Wildman–Crippen MR) is 98.1 cm³/mol. The topological polar surface area (TPSA) is 98.5 Å². The maximum absolute atomic E-state index is 12.6. The first-order chi connectivity index (χ1) is 12.1. The minimum absolute atomic E-state index is 0.0245. The van der Waals surface area contributed by atoms with Gasteiger partial charge >= 0.3 is 5.97 Å². The van der Waals surface area contributed by atoms with Crippen LogP contribution >= 0.6 is 11.6 Å². The van der Waals surface area contributed by atoms with E-state index in [1.54, 1.807) is 26.8 Å². The van der Waals surface area contributed by atoms with Crippen molar-refractivity contribution in [2.24, 2.45) is 0 Å². The molecule has 8 heteroatoms. The van der Waals surface area contributed by atoms with Crippen LogP contribution in [0.15, 0.2) is 24.3 Å². The number of hydrogen-bond donors (Lipinski definition) is 1. The number of nitro groups is 1. The molecule has 26 heavy (non-hydrogen) atoms. The molecule has 0 aliphatic rings. The van der Waals surface area contributed by atoms with Gasteiger partial charge in [0.05, 0.1) is 28.2 Å². The van der Waals surface area contributed by atoms with Crippen molar-refractivity contribution in [3.63, 3.8) is 0 Å². The van der Waals surface area contributed by atoms with Crippen molar-refractivity contribution in [3.8, 4) is 0 Å². The quantitative estimate of drug-likeness (QED) is 0.489. The van der Waals surface area contributed by atoms with Crippen LogP contribution in [0.25, 0.3) is 0 Å². The minimum Gasteiger partial charge on any atom is -0.465 e. The third kappa shape index (κ3) is 3.83. The number of benzene rings is 2. The lowest BCUT2D eigenvalue weighted by molar-refractivity contribution is -0.385. The summed E-state index contributed by atoms with van der Waals surface area (Å²) >= 11 is 6.08. The molecule has 1 amide bonds. The Morgan fingerprint density at radius 2 is 1.69 bits per heavy atom. The van der Waals surface area contributed by atoms with Gasteiger partial charge in [0.15, 0.2) is 0 Å². The molecular weight excluding hydrogens is 360 g/mol. The van der Waals surface area contributed by atoms with E-state index >= 15 is 0 Å². The molecule has 0 heterocycles. The number of nitro benzene ring substituents is 1. The lowest BCUT2D eigenvalue weighted by Crippen LogP contribution is -2.15. The lowest BCUT2D eigenvalue weighted by atomic mass is 10.0. The van der Waals surface area contributed by atoms with Gasteiger partial charge in [-0.25, -0.2) is 4.79 Å². The highest BCUT2D eigenvalue weighted by Crippen LogP contribution is 2.28. The number of rotatable bonds is 4. The fraction of sp³-hybridized carbons (Fsp3) is 0.222. The second-order valence-electron chi connectivity index (χ2n) is 5.80. The minimum atomic E-state index is -0.610. The Labute approximate surface area is 155 Å². The average Bonchev–Trinajstić information content (AvgIpc) is 2.56. The molecule has 0 atom stereocenters. The smallest absolute Gasteiger partial charge is 0.338 e. The molecule has 136 valence electrons. The van der Waals surface area contributed by atoms with Crippen molar-refractivity contribution in [1.29, 1.82) is 0 Å². The Balaban J connectivity index is 2.44. The molecule has 0 saturated heterocycles. The highest BCUT2D eigenvalue weighted by molar-refractivity contribution is 6.34. The normalized spacial score (nSPS) is 10.3. The van der Waals surface area contributed by atoms with Crippen molar-refractivity contribution in [3.05, 3.63) is 67.2 Å². The number of hydrogen-bond acceptors (Lipinski definition) is 5. The van der Waals surface area contributed by atoms with Crippen LogP contribution in [0.1, 0.15) is 37.4 Å². The Hall–Kier alpha value is -2.93. The van der Waals surface area contributed by atoms with Gasteiger partial charge in [0.2, 0.25) is 0 Å². The summed E-state index contributed by atoms with van der Waals surface area (Å²) in [6.07, 6.45) is 0. The van der Waals surface area contributed by atoms with Crippen LogP contribution in [0.3, 0.4) is 0 Å². The molecule has 2 rings (SSSR count). The zero-order valence-corrected chi connectivity index (χ0v) is 15.4. The van der Waals surface area contributed by atoms with E-state index in [9.17, 15) is 19.7 Å². The molecule has 2 aromatic rings. The van der Waals surface area contributed by atoms with Crippen LogP contribution in [-0.2, 0) is 4.74 Å². The number of halogens is 1. The molecule has 0 aliphatic carbocycles. The van der Waals surface area contributed by atoms with Crippen LogP contribution in [0.2, 0.25) is 5.02 Å². The zero-order chi connectivity index (χ0) is 19.6. The van der Waals surface area contributed by atoms with Gasteiger partial charge in [-0.05, 0) is 44.0 Å². The summed E-state index contributed by atoms with van der Waals surface area (Å²) in [5.74, 6) is -1.14. The number of methoxy groups -OCH3 is 1. The van der Waals surface area contributed by atoms with E-state index in [0.29, 0.717) is 22.4 Å². The van der Waals surface area contributed by atoms with Crippen molar-refractivity contribution in [1.82, 2.24) is 0 Å². The Morgan fingerprint density at radius 1 is 1.04 bits per heavy atom. The van der Waals surface area contributed by atoms with E-state index < -0.39 is 16.8 Å². The number of anilines is 1. The van der Waals surface area contributed by atoms with Crippen LogP contribution in [0.5, 0.6) is 0 Å². The second kappa shape index (κ2) is 7.53. The summed E-state index contributed by atoms with van der Waals surface area (Å²) in [7, 11) is 1.27. The summed E-state index contributed by atoms with van der Waals surface area (Å²) in [6.45, 7) is 5.06. The highest BCUT2D eigenvalue weighted by Gasteiger charge is 2.20. The van der Waals surface area contributed by atoms with E-state index in [0.717, 1.165) is 11.6 Å². The number of esters is 1. The standard InChI is InChI=1S/C18H17ClN2O5/c1-9-5-10(2)15(7-12(9)18(23)26-4)20-17(22)13-8-16(21(24)25)11(3)6-14(13)19/h5-8H,1-4H3,(H,20,22). The van der Waals surface area contributed by atoms with Gasteiger partial charge in [-0.15, -0.1) is 0 Å². The Morgan fingerprint density at radius 3 is 2.27 bits per heavy atom. The number of aryl methyl sites for hydroxylation is 3. The monoisotopic (exact) mass is 376 g/mol. The van der Waals surface area contributed by atoms with E-state index in [4.69, 9.17) is 16.3 Å². The molecule has 0 bridgehead atoms. The summed E-state index contributed by atoms with van der Waals surface area (Å²) in [4.78, 5) is 34.9. The van der Waals surface area contributed by atoms with Crippen LogP contribution < -0.4 is 5.32 Å². The van der Waals surface area contributed by atoms with Gasteiger partial charge in [-0.1, -0.05) is 17.7 Å². The summed E-state index contributed by atoms with van der Waals surface area (Å²) in [6, 6.07) is 5.75. The first kappa shape index (κ1) is 19.4. The number of carbonyl (C=O) groups is 2. The summed E-state index contributed by atoms with van der Waals surface area (Å²) in [5, 5.41) is 13.8. The van der Waals surface area contributed by atoms with Crippen molar-refractivity contribution < 1.29 is 19.2 Å². The maximum Gasteiger partial charge on any atom is 0.338 e. The van der Waals surface area contributed by atoms with Gasteiger partial charge in [-0.3, -0.25) is 14.9 Å².